The van der Waals surface area contributed by atoms with Gasteiger partial charge < -0.3 is 5.11 Å². The Morgan fingerprint density at radius 3 is 2.42 bits per heavy atom. The fourth-order valence-corrected chi connectivity index (χ4v) is 4.50. The summed E-state index contributed by atoms with van der Waals surface area (Å²) in [7, 11) is -1.59. The first-order valence-corrected chi connectivity index (χ1v) is 10.4. The van der Waals surface area contributed by atoms with Crippen LogP contribution in [0.3, 0.4) is 0 Å². The lowest BCUT2D eigenvalue weighted by atomic mass is 10.1. The molecule has 0 aliphatic heterocycles. The van der Waals surface area contributed by atoms with Gasteiger partial charge in [0.25, 0.3) is 0 Å². The van der Waals surface area contributed by atoms with Gasteiger partial charge in [0.1, 0.15) is 8.07 Å². The molecule has 2 heteroatoms. The number of hydrogen-bond donors (Lipinski definition) is 1. The standard InChI is InChI=1S/C17H28OSi/c1-5-6-10-16(18)14-13-15(2)19(3,4)17-11-8-7-9-12-17/h7-9,11-12,16,18H,2,5-6,10,13-14H2,1,3-4H3. The van der Waals surface area contributed by atoms with Crippen molar-refractivity contribution in [2.75, 3.05) is 0 Å². The molecule has 106 valence electrons. The average molecular weight is 276 g/mol. The van der Waals surface area contributed by atoms with Crippen LogP contribution in [0.5, 0.6) is 0 Å². The highest BCUT2D eigenvalue weighted by molar-refractivity contribution is 6.95. The molecular weight excluding hydrogens is 248 g/mol. The molecule has 0 saturated heterocycles. The van der Waals surface area contributed by atoms with Crippen molar-refractivity contribution in [2.24, 2.45) is 0 Å². The number of hydrogen-bond acceptors (Lipinski definition) is 1. The second kappa shape index (κ2) is 7.66. The number of aliphatic hydroxyl groups is 1. The van der Waals surface area contributed by atoms with E-state index in [0.29, 0.717) is 0 Å². The summed E-state index contributed by atoms with van der Waals surface area (Å²) in [4.78, 5) is 0. The molecule has 1 aromatic carbocycles. The molecule has 1 unspecified atom stereocenters. The predicted octanol–water partition coefficient (Wildman–Crippen LogP) is 4.03. The van der Waals surface area contributed by atoms with Crippen molar-refractivity contribution in [1.29, 1.82) is 0 Å². The second-order valence-electron chi connectivity index (χ2n) is 5.93. The molecule has 0 radical (unpaired) electrons. The van der Waals surface area contributed by atoms with E-state index in [4.69, 9.17) is 0 Å². The summed E-state index contributed by atoms with van der Waals surface area (Å²) < 4.78 is 0. The predicted molar refractivity (Wildman–Crippen MR) is 87.5 cm³/mol. The molecule has 1 rings (SSSR count). The van der Waals surface area contributed by atoms with Crippen molar-refractivity contribution in [3.63, 3.8) is 0 Å². The van der Waals surface area contributed by atoms with E-state index in [9.17, 15) is 5.11 Å². The van der Waals surface area contributed by atoms with Gasteiger partial charge in [-0.2, -0.15) is 0 Å². The molecule has 1 aromatic rings. The highest BCUT2D eigenvalue weighted by Crippen LogP contribution is 2.20. The summed E-state index contributed by atoms with van der Waals surface area (Å²) in [5.41, 5.74) is 0. The summed E-state index contributed by atoms with van der Waals surface area (Å²) >= 11 is 0. The van der Waals surface area contributed by atoms with Gasteiger partial charge >= 0.3 is 0 Å². The topological polar surface area (TPSA) is 20.2 Å². The normalized spacial score (nSPS) is 13.3. The second-order valence-corrected chi connectivity index (χ2v) is 10.5. The molecule has 0 bridgehead atoms. The Morgan fingerprint density at radius 2 is 1.84 bits per heavy atom. The maximum absolute atomic E-state index is 9.94. The molecular formula is C17H28OSi. The van der Waals surface area contributed by atoms with Gasteiger partial charge in [-0.15, -0.1) is 6.58 Å². The van der Waals surface area contributed by atoms with Crippen LogP contribution in [0.2, 0.25) is 13.1 Å². The van der Waals surface area contributed by atoms with Crippen molar-refractivity contribution < 1.29 is 5.11 Å². The number of allylic oxidation sites excluding steroid dienone is 1. The third kappa shape index (κ3) is 4.96. The number of unbranched alkanes of at least 4 members (excludes halogenated alkanes) is 1. The lowest BCUT2D eigenvalue weighted by Gasteiger charge is -2.26. The Bertz CT molecular complexity index is 384. The fraction of sp³-hybridized carbons (Fsp3) is 0.529. The lowest BCUT2D eigenvalue weighted by molar-refractivity contribution is 0.152. The zero-order valence-corrected chi connectivity index (χ0v) is 13.7. The minimum atomic E-state index is -1.59. The van der Waals surface area contributed by atoms with E-state index in [1.54, 1.807) is 0 Å². The molecule has 0 saturated carbocycles. The number of aliphatic hydroxyl groups excluding tert-OH is 1. The van der Waals surface area contributed by atoms with E-state index in [-0.39, 0.29) is 6.10 Å². The summed E-state index contributed by atoms with van der Waals surface area (Å²) in [5, 5.41) is 12.7. The molecule has 19 heavy (non-hydrogen) atoms. The van der Waals surface area contributed by atoms with Gasteiger partial charge in [0.2, 0.25) is 0 Å². The molecule has 0 spiro atoms. The summed E-state index contributed by atoms with van der Waals surface area (Å²) in [5.74, 6) is 0. The first kappa shape index (κ1) is 16.2. The number of benzene rings is 1. The maximum atomic E-state index is 9.94. The molecule has 0 aliphatic carbocycles. The largest absolute Gasteiger partial charge is 0.393 e. The van der Waals surface area contributed by atoms with E-state index < -0.39 is 8.07 Å². The fourth-order valence-electron chi connectivity index (χ4n) is 2.30. The SMILES string of the molecule is C=C(CCC(O)CCCC)[Si](C)(C)c1ccccc1. The first-order chi connectivity index (χ1) is 8.98. The smallest absolute Gasteiger partial charge is 0.106 e. The van der Waals surface area contributed by atoms with Gasteiger partial charge in [0.15, 0.2) is 0 Å². The Hall–Kier alpha value is -0.863. The van der Waals surface area contributed by atoms with Gasteiger partial charge in [0.05, 0.1) is 6.10 Å². The van der Waals surface area contributed by atoms with E-state index >= 15 is 0 Å². The zero-order chi connectivity index (χ0) is 14.3. The zero-order valence-electron chi connectivity index (χ0n) is 12.7. The van der Waals surface area contributed by atoms with E-state index in [1.165, 1.54) is 10.4 Å². The minimum Gasteiger partial charge on any atom is -0.393 e. The van der Waals surface area contributed by atoms with E-state index in [2.05, 4.69) is 56.9 Å². The van der Waals surface area contributed by atoms with Crippen LogP contribution in [-0.4, -0.2) is 19.3 Å². The summed E-state index contributed by atoms with van der Waals surface area (Å²) in [6, 6.07) is 10.7. The quantitative estimate of drug-likeness (QED) is 0.711. The lowest BCUT2D eigenvalue weighted by Crippen LogP contribution is -2.43. The van der Waals surface area contributed by atoms with Gasteiger partial charge in [-0.25, -0.2) is 0 Å². The minimum absolute atomic E-state index is 0.155. The van der Waals surface area contributed by atoms with Crippen molar-refractivity contribution in [2.45, 2.75) is 58.2 Å². The summed E-state index contributed by atoms with van der Waals surface area (Å²) in [6.45, 7) is 11.2. The molecule has 0 heterocycles. The molecule has 1 nitrogen and oxygen atoms in total. The Labute approximate surface area is 119 Å². The number of rotatable bonds is 8. The third-order valence-corrected chi connectivity index (χ3v) is 7.84. The Balaban J connectivity index is 2.53. The van der Waals surface area contributed by atoms with Gasteiger partial charge in [-0.05, 0) is 19.3 Å². The molecule has 0 fully saturated rings. The van der Waals surface area contributed by atoms with Crippen molar-refractivity contribution in [1.82, 2.24) is 0 Å². The van der Waals surface area contributed by atoms with Crippen LogP contribution < -0.4 is 5.19 Å². The molecule has 1 N–H and O–H groups in total. The van der Waals surface area contributed by atoms with Gasteiger partial charge in [-0.3, -0.25) is 0 Å². The monoisotopic (exact) mass is 276 g/mol. The Kier molecular flexibility index (Phi) is 6.53. The van der Waals surface area contributed by atoms with Crippen LogP contribution in [0.4, 0.5) is 0 Å². The van der Waals surface area contributed by atoms with Crippen LogP contribution >= 0.6 is 0 Å². The summed E-state index contributed by atoms with van der Waals surface area (Å²) in [6.07, 6.45) is 4.87. The van der Waals surface area contributed by atoms with Crippen LogP contribution in [0.25, 0.3) is 0 Å². The first-order valence-electron chi connectivity index (χ1n) is 7.40. The highest BCUT2D eigenvalue weighted by Gasteiger charge is 2.26. The third-order valence-electron chi connectivity index (χ3n) is 4.05. The molecule has 0 aromatic heterocycles. The maximum Gasteiger partial charge on any atom is 0.106 e. The van der Waals surface area contributed by atoms with Crippen LogP contribution in [-0.2, 0) is 0 Å². The van der Waals surface area contributed by atoms with Gasteiger partial charge in [-0.1, -0.05) is 73.6 Å². The van der Waals surface area contributed by atoms with E-state index in [1.807, 2.05) is 0 Å². The molecule has 1 atom stereocenters. The van der Waals surface area contributed by atoms with Crippen molar-refractivity contribution in [3.8, 4) is 0 Å². The molecule has 0 amide bonds. The van der Waals surface area contributed by atoms with Crippen molar-refractivity contribution in [3.05, 3.63) is 42.1 Å². The van der Waals surface area contributed by atoms with Crippen LogP contribution in [0.1, 0.15) is 39.0 Å². The average Bonchev–Trinajstić information content (AvgIpc) is 2.43. The van der Waals surface area contributed by atoms with Gasteiger partial charge in [0, 0.05) is 0 Å². The Morgan fingerprint density at radius 1 is 1.21 bits per heavy atom. The van der Waals surface area contributed by atoms with Crippen LogP contribution in [0, 0.1) is 0 Å². The van der Waals surface area contributed by atoms with Crippen LogP contribution in [0.15, 0.2) is 42.1 Å². The van der Waals surface area contributed by atoms with E-state index in [0.717, 1.165) is 32.1 Å². The highest BCUT2D eigenvalue weighted by atomic mass is 28.3. The molecule has 0 aliphatic rings. The van der Waals surface area contributed by atoms with Crippen molar-refractivity contribution >= 4 is 13.3 Å².